The number of aromatic nitrogens is 4. The van der Waals surface area contributed by atoms with Crippen molar-refractivity contribution in [3.05, 3.63) is 17.6 Å². The van der Waals surface area contributed by atoms with Gasteiger partial charge in [-0.2, -0.15) is 5.10 Å². The van der Waals surface area contributed by atoms with Gasteiger partial charge in [-0.15, -0.1) is 0 Å². The predicted octanol–water partition coefficient (Wildman–Crippen LogP) is 2.60. The van der Waals surface area contributed by atoms with Crippen LogP contribution in [0.2, 0.25) is 0 Å². The van der Waals surface area contributed by atoms with E-state index in [9.17, 15) is 0 Å². The molecule has 0 unspecified atom stereocenters. The maximum absolute atomic E-state index is 4.60. The smallest absolute Gasteiger partial charge is 0.199 e. The summed E-state index contributed by atoms with van der Waals surface area (Å²) in [6.45, 7) is 8.48. The minimum atomic E-state index is 0.395. The molecule has 0 bridgehead atoms. The molecule has 0 aliphatic heterocycles. The van der Waals surface area contributed by atoms with Crippen LogP contribution in [-0.4, -0.2) is 20.2 Å². The topological polar surface area (TPSA) is 54.5 Å². The van der Waals surface area contributed by atoms with Crippen LogP contribution in [0.5, 0.6) is 0 Å². The van der Waals surface area contributed by atoms with Gasteiger partial charge in [-0.05, 0) is 11.8 Å². The van der Waals surface area contributed by atoms with Crippen LogP contribution >= 0.6 is 0 Å². The first kappa shape index (κ1) is 10.1. The largest absolute Gasteiger partial charge is 0.278 e. The molecule has 0 aliphatic rings. The third-order valence-electron chi connectivity index (χ3n) is 2.48. The van der Waals surface area contributed by atoms with Crippen molar-refractivity contribution in [2.75, 3.05) is 0 Å². The Hall–Kier alpha value is -1.45. The summed E-state index contributed by atoms with van der Waals surface area (Å²) in [5.41, 5.74) is 3.71. The highest BCUT2D eigenvalue weighted by Gasteiger charge is 2.12. The van der Waals surface area contributed by atoms with Crippen LogP contribution in [0.4, 0.5) is 0 Å². The zero-order valence-corrected chi connectivity index (χ0v) is 9.57. The average Bonchev–Trinajstić information content (AvgIpc) is 2.59. The lowest BCUT2D eigenvalue weighted by atomic mass is 10.1. The summed E-state index contributed by atoms with van der Waals surface area (Å²) in [6, 6.07) is 0. The number of nitrogens with one attached hydrogen (secondary N) is 1. The van der Waals surface area contributed by atoms with E-state index in [2.05, 4.69) is 47.9 Å². The van der Waals surface area contributed by atoms with E-state index in [1.807, 2.05) is 0 Å². The first-order valence-corrected chi connectivity index (χ1v) is 5.30. The summed E-state index contributed by atoms with van der Waals surface area (Å²) >= 11 is 0. The predicted molar refractivity (Wildman–Crippen MR) is 59.9 cm³/mol. The first-order valence-electron chi connectivity index (χ1n) is 5.30. The summed E-state index contributed by atoms with van der Waals surface area (Å²) < 4.78 is 0. The van der Waals surface area contributed by atoms with Crippen LogP contribution in [0.25, 0.3) is 11.2 Å². The number of aromatic amines is 1. The van der Waals surface area contributed by atoms with E-state index in [1.54, 1.807) is 6.20 Å². The van der Waals surface area contributed by atoms with Crippen LogP contribution in [0.1, 0.15) is 50.9 Å². The van der Waals surface area contributed by atoms with Crippen molar-refractivity contribution >= 4 is 11.2 Å². The zero-order valence-electron chi connectivity index (χ0n) is 9.57. The van der Waals surface area contributed by atoms with Gasteiger partial charge in [0.15, 0.2) is 5.65 Å². The molecule has 1 N–H and O–H groups in total. The van der Waals surface area contributed by atoms with E-state index >= 15 is 0 Å². The minimum Gasteiger partial charge on any atom is -0.278 e. The van der Waals surface area contributed by atoms with Gasteiger partial charge in [0.1, 0.15) is 5.52 Å². The van der Waals surface area contributed by atoms with Gasteiger partial charge in [-0.25, -0.2) is 9.97 Å². The van der Waals surface area contributed by atoms with Crippen molar-refractivity contribution < 1.29 is 0 Å². The zero-order chi connectivity index (χ0) is 11.0. The van der Waals surface area contributed by atoms with Gasteiger partial charge in [-0.3, -0.25) is 5.10 Å². The number of nitrogens with zero attached hydrogens (tertiary/aromatic N) is 3. The molecule has 4 heteroatoms. The standard InChI is InChI=1S/C11H16N4/c1-6(2)8-5-12-11-10(13-8)9(7(3)4)14-15-11/h5-7H,1-4H3,(H,12,14,15). The molecule has 4 nitrogen and oxygen atoms in total. The Morgan fingerprint density at radius 3 is 2.47 bits per heavy atom. The second-order valence-electron chi connectivity index (χ2n) is 4.41. The van der Waals surface area contributed by atoms with E-state index < -0.39 is 0 Å². The summed E-state index contributed by atoms with van der Waals surface area (Å²) in [4.78, 5) is 8.90. The minimum absolute atomic E-state index is 0.395. The number of fused-ring (bicyclic) bond motifs is 1. The maximum Gasteiger partial charge on any atom is 0.199 e. The molecule has 0 aromatic carbocycles. The van der Waals surface area contributed by atoms with Gasteiger partial charge >= 0.3 is 0 Å². The van der Waals surface area contributed by atoms with E-state index in [4.69, 9.17) is 0 Å². The van der Waals surface area contributed by atoms with Crippen LogP contribution in [0.3, 0.4) is 0 Å². The molecule has 80 valence electrons. The molecular formula is C11H16N4. The number of H-pyrrole nitrogens is 1. The monoisotopic (exact) mass is 204 g/mol. The van der Waals surface area contributed by atoms with E-state index in [1.165, 1.54) is 0 Å². The summed E-state index contributed by atoms with van der Waals surface area (Å²) in [5.74, 6) is 0.795. The number of rotatable bonds is 2. The third-order valence-corrected chi connectivity index (χ3v) is 2.48. The van der Waals surface area contributed by atoms with Crippen molar-refractivity contribution in [2.45, 2.75) is 39.5 Å². The second-order valence-corrected chi connectivity index (χ2v) is 4.41. The Morgan fingerprint density at radius 2 is 1.87 bits per heavy atom. The van der Waals surface area contributed by atoms with Crippen LogP contribution < -0.4 is 0 Å². The van der Waals surface area contributed by atoms with Gasteiger partial charge in [0.05, 0.1) is 17.6 Å². The van der Waals surface area contributed by atoms with Crippen LogP contribution in [0, 0.1) is 0 Å². The summed E-state index contributed by atoms with van der Waals surface area (Å²) in [7, 11) is 0. The molecule has 2 heterocycles. The van der Waals surface area contributed by atoms with E-state index in [0.717, 1.165) is 16.9 Å². The summed E-state index contributed by atoms with van der Waals surface area (Å²) in [5, 5.41) is 7.15. The third kappa shape index (κ3) is 1.71. The lowest BCUT2D eigenvalue weighted by molar-refractivity contribution is 0.805. The van der Waals surface area contributed by atoms with E-state index in [0.29, 0.717) is 17.5 Å². The lowest BCUT2D eigenvalue weighted by Crippen LogP contribution is -1.96. The molecule has 2 aromatic heterocycles. The van der Waals surface area contributed by atoms with Crippen LogP contribution in [0.15, 0.2) is 6.20 Å². The molecule has 0 radical (unpaired) electrons. The normalized spacial score (nSPS) is 11.9. The highest BCUT2D eigenvalue weighted by Crippen LogP contribution is 2.21. The maximum atomic E-state index is 4.60. The van der Waals surface area contributed by atoms with E-state index in [-0.39, 0.29) is 0 Å². The Bertz CT molecular complexity index is 470. The van der Waals surface area contributed by atoms with Crippen molar-refractivity contribution in [2.24, 2.45) is 0 Å². The highest BCUT2D eigenvalue weighted by molar-refractivity contribution is 5.73. The molecule has 2 aromatic rings. The van der Waals surface area contributed by atoms with Crippen molar-refractivity contribution in [1.82, 2.24) is 20.2 Å². The molecule has 0 aliphatic carbocycles. The van der Waals surface area contributed by atoms with Gasteiger partial charge in [0, 0.05) is 0 Å². The van der Waals surface area contributed by atoms with Crippen molar-refractivity contribution in [3.63, 3.8) is 0 Å². The Balaban J connectivity index is 2.61. The number of hydrogen-bond acceptors (Lipinski definition) is 3. The molecule has 0 amide bonds. The molecule has 2 rings (SSSR count). The molecule has 0 atom stereocenters. The van der Waals surface area contributed by atoms with Gasteiger partial charge < -0.3 is 0 Å². The van der Waals surface area contributed by atoms with Gasteiger partial charge in [0.25, 0.3) is 0 Å². The fourth-order valence-corrected chi connectivity index (χ4v) is 1.51. The lowest BCUT2D eigenvalue weighted by Gasteiger charge is -2.04. The fourth-order valence-electron chi connectivity index (χ4n) is 1.51. The molecule has 0 saturated heterocycles. The average molecular weight is 204 g/mol. The SMILES string of the molecule is CC(C)c1cnc2n[nH]c(C(C)C)c2n1. The Kier molecular flexibility index (Phi) is 2.42. The molecule has 0 fully saturated rings. The highest BCUT2D eigenvalue weighted by atomic mass is 15.2. The number of hydrogen-bond donors (Lipinski definition) is 1. The first-order chi connectivity index (χ1) is 7.09. The molecular weight excluding hydrogens is 188 g/mol. The Labute approximate surface area is 89.1 Å². The summed E-state index contributed by atoms with van der Waals surface area (Å²) in [6.07, 6.45) is 1.80. The van der Waals surface area contributed by atoms with Crippen molar-refractivity contribution in [3.8, 4) is 0 Å². The Morgan fingerprint density at radius 1 is 1.13 bits per heavy atom. The van der Waals surface area contributed by atoms with Gasteiger partial charge in [0.2, 0.25) is 0 Å². The second kappa shape index (κ2) is 3.61. The molecule has 0 spiro atoms. The van der Waals surface area contributed by atoms with Gasteiger partial charge in [-0.1, -0.05) is 27.7 Å². The molecule has 0 saturated carbocycles. The van der Waals surface area contributed by atoms with Crippen molar-refractivity contribution in [1.29, 1.82) is 0 Å². The fraction of sp³-hybridized carbons (Fsp3) is 0.545. The quantitative estimate of drug-likeness (QED) is 0.818. The molecule has 15 heavy (non-hydrogen) atoms. The van der Waals surface area contributed by atoms with Crippen LogP contribution in [-0.2, 0) is 0 Å².